The third kappa shape index (κ3) is 5.50. The molecule has 7 nitrogen and oxygen atoms in total. The zero-order valence-corrected chi connectivity index (χ0v) is 14.2. The minimum atomic E-state index is -0.272. The topological polar surface area (TPSA) is 105 Å². The molecule has 0 aliphatic carbocycles. The van der Waals surface area contributed by atoms with Crippen molar-refractivity contribution in [3.63, 3.8) is 0 Å². The Kier molecular flexibility index (Phi) is 6.57. The molecule has 2 rings (SSSR count). The van der Waals surface area contributed by atoms with Gasteiger partial charge in [0.25, 0.3) is 0 Å². The summed E-state index contributed by atoms with van der Waals surface area (Å²) < 4.78 is 5.45. The van der Waals surface area contributed by atoms with Crippen molar-refractivity contribution in [3.05, 3.63) is 24.3 Å². The van der Waals surface area contributed by atoms with Gasteiger partial charge in [0.2, 0.25) is 5.91 Å². The monoisotopic (exact) mass is 334 g/mol. The highest BCUT2D eigenvalue weighted by Crippen LogP contribution is 2.15. The van der Waals surface area contributed by atoms with Gasteiger partial charge in [-0.15, -0.1) is 0 Å². The Bertz CT molecular complexity index is 553. The molecule has 3 atom stereocenters. The van der Waals surface area contributed by atoms with Gasteiger partial charge in [0, 0.05) is 30.6 Å². The van der Waals surface area contributed by atoms with Gasteiger partial charge in [0.15, 0.2) is 0 Å². The van der Waals surface area contributed by atoms with Crippen LogP contribution < -0.4 is 21.7 Å². The Balaban J connectivity index is 1.78. The van der Waals surface area contributed by atoms with Gasteiger partial charge in [-0.25, -0.2) is 4.79 Å². The molecular formula is C17H26N4O3. The van der Waals surface area contributed by atoms with Crippen molar-refractivity contribution in [2.24, 2.45) is 11.7 Å². The first-order valence-electron chi connectivity index (χ1n) is 8.28. The minimum absolute atomic E-state index is 0.111. The molecule has 1 fully saturated rings. The van der Waals surface area contributed by atoms with E-state index in [0.717, 1.165) is 19.4 Å². The van der Waals surface area contributed by atoms with Gasteiger partial charge in [-0.2, -0.15) is 0 Å². The van der Waals surface area contributed by atoms with Crippen LogP contribution in [0.4, 0.5) is 16.2 Å². The Hall–Kier alpha value is -2.12. The van der Waals surface area contributed by atoms with Crippen molar-refractivity contribution in [2.45, 2.75) is 38.8 Å². The third-order valence-electron chi connectivity index (χ3n) is 4.13. The number of rotatable bonds is 6. The summed E-state index contributed by atoms with van der Waals surface area (Å²) in [6.07, 6.45) is 2.14. The fourth-order valence-electron chi connectivity index (χ4n) is 2.32. The van der Waals surface area contributed by atoms with Crippen molar-refractivity contribution in [1.82, 2.24) is 5.32 Å². The normalized spacial score (nSPS) is 19.4. The predicted octanol–water partition coefficient (Wildman–Crippen LogP) is 1.91. The summed E-state index contributed by atoms with van der Waals surface area (Å²) in [5.41, 5.74) is 7.03. The lowest BCUT2D eigenvalue weighted by Gasteiger charge is -2.15. The molecule has 3 amide bonds. The maximum Gasteiger partial charge on any atom is 0.319 e. The van der Waals surface area contributed by atoms with Crippen LogP contribution in [0.2, 0.25) is 0 Å². The van der Waals surface area contributed by atoms with Crippen molar-refractivity contribution < 1.29 is 14.3 Å². The average molecular weight is 334 g/mol. The Morgan fingerprint density at radius 3 is 2.38 bits per heavy atom. The average Bonchev–Trinajstić information content (AvgIpc) is 3.07. The maximum absolute atomic E-state index is 11.9. The molecule has 0 aromatic heterocycles. The summed E-state index contributed by atoms with van der Waals surface area (Å²) in [5.74, 6) is -0.397. The molecule has 1 aromatic carbocycles. The number of carbonyl (C=O) groups excluding carboxylic acids is 2. The van der Waals surface area contributed by atoms with Crippen molar-refractivity contribution in [3.8, 4) is 0 Å². The molecule has 5 N–H and O–H groups in total. The van der Waals surface area contributed by atoms with Crippen LogP contribution in [-0.4, -0.2) is 37.2 Å². The van der Waals surface area contributed by atoms with Crippen LogP contribution in [0, 0.1) is 5.92 Å². The number of ether oxygens (including phenoxy) is 1. The lowest BCUT2D eigenvalue weighted by Crippen LogP contribution is -2.35. The molecular weight excluding hydrogens is 308 g/mol. The molecule has 1 saturated heterocycles. The van der Waals surface area contributed by atoms with Crippen LogP contribution in [0.3, 0.4) is 0 Å². The fourth-order valence-corrected chi connectivity index (χ4v) is 2.32. The number of amides is 3. The number of urea groups is 1. The number of nitrogens with one attached hydrogen (secondary N) is 3. The second kappa shape index (κ2) is 8.65. The van der Waals surface area contributed by atoms with Crippen LogP contribution in [0.1, 0.15) is 26.7 Å². The standard InChI is InChI=1S/C17H26N4O3/c1-11(12(2)18)16(22)20-13-5-7-14(8-6-13)21-17(23)19-10-15-4-3-9-24-15/h5-8,11-12,15H,3-4,9-10,18H2,1-2H3,(H,20,22)(H2,19,21,23). The number of benzene rings is 1. The van der Waals surface area contributed by atoms with Gasteiger partial charge in [-0.3, -0.25) is 4.79 Å². The summed E-state index contributed by atoms with van der Waals surface area (Å²) in [7, 11) is 0. The van der Waals surface area contributed by atoms with Crippen LogP contribution >= 0.6 is 0 Å². The van der Waals surface area contributed by atoms with Crippen molar-refractivity contribution in [2.75, 3.05) is 23.8 Å². The Morgan fingerprint density at radius 2 is 1.83 bits per heavy atom. The summed E-state index contributed by atoms with van der Waals surface area (Å²) in [5, 5.41) is 8.34. The van der Waals surface area contributed by atoms with Gasteiger partial charge in [-0.05, 0) is 44.0 Å². The summed E-state index contributed by atoms with van der Waals surface area (Å²) in [4.78, 5) is 23.8. The van der Waals surface area contributed by atoms with E-state index in [2.05, 4.69) is 16.0 Å². The van der Waals surface area contributed by atoms with Gasteiger partial charge in [0.05, 0.1) is 12.0 Å². The highest BCUT2D eigenvalue weighted by molar-refractivity contribution is 5.93. The van der Waals surface area contributed by atoms with Gasteiger partial charge >= 0.3 is 6.03 Å². The molecule has 3 unspecified atom stereocenters. The van der Waals surface area contributed by atoms with Crippen molar-refractivity contribution in [1.29, 1.82) is 0 Å². The number of hydrogen-bond donors (Lipinski definition) is 4. The number of carbonyl (C=O) groups is 2. The second-order valence-electron chi connectivity index (χ2n) is 6.18. The first-order chi connectivity index (χ1) is 11.5. The van der Waals surface area contributed by atoms with Gasteiger partial charge < -0.3 is 26.4 Å². The first-order valence-corrected chi connectivity index (χ1v) is 8.28. The summed E-state index contributed by atoms with van der Waals surface area (Å²) in [6, 6.07) is 6.46. The van der Waals surface area contributed by atoms with Crippen LogP contribution in [0.5, 0.6) is 0 Å². The molecule has 1 aromatic rings. The number of nitrogens with two attached hydrogens (primary N) is 1. The highest BCUT2D eigenvalue weighted by Gasteiger charge is 2.17. The van der Waals surface area contributed by atoms with Crippen LogP contribution in [-0.2, 0) is 9.53 Å². The smallest absolute Gasteiger partial charge is 0.319 e. The van der Waals surface area contributed by atoms with E-state index in [1.807, 2.05) is 0 Å². The molecule has 7 heteroatoms. The van der Waals surface area contributed by atoms with E-state index < -0.39 is 0 Å². The Labute approximate surface area is 142 Å². The molecule has 1 aliphatic heterocycles. The fraction of sp³-hybridized carbons (Fsp3) is 0.529. The first kappa shape index (κ1) is 18.2. The van der Waals surface area contributed by atoms with E-state index in [1.165, 1.54) is 0 Å². The highest BCUT2D eigenvalue weighted by atomic mass is 16.5. The zero-order chi connectivity index (χ0) is 17.5. The summed E-state index contributed by atoms with van der Waals surface area (Å²) in [6.45, 7) is 4.86. The van der Waals surface area contributed by atoms with E-state index in [0.29, 0.717) is 17.9 Å². The van der Waals surface area contributed by atoms with E-state index in [-0.39, 0.29) is 30.0 Å². The van der Waals surface area contributed by atoms with Crippen LogP contribution in [0.25, 0.3) is 0 Å². The summed E-state index contributed by atoms with van der Waals surface area (Å²) >= 11 is 0. The molecule has 0 radical (unpaired) electrons. The van der Waals surface area contributed by atoms with Gasteiger partial charge in [-0.1, -0.05) is 6.92 Å². The molecule has 24 heavy (non-hydrogen) atoms. The molecule has 0 saturated carbocycles. The number of hydrogen-bond acceptors (Lipinski definition) is 4. The third-order valence-corrected chi connectivity index (χ3v) is 4.13. The molecule has 0 spiro atoms. The minimum Gasteiger partial charge on any atom is -0.376 e. The Morgan fingerprint density at radius 1 is 1.21 bits per heavy atom. The predicted molar refractivity (Wildman–Crippen MR) is 93.9 cm³/mol. The quantitative estimate of drug-likeness (QED) is 0.637. The van der Waals surface area contributed by atoms with E-state index in [9.17, 15) is 9.59 Å². The SMILES string of the molecule is CC(N)C(C)C(=O)Nc1ccc(NC(=O)NCC2CCCO2)cc1. The zero-order valence-electron chi connectivity index (χ0n) is 14.2. The molecule has 1 aliphatic rings. The van der Waals surface area contributed by atoms with E-state index in [1.54, 1.807) is 38.1 Å². The van der Waals surface area contributed by atoms with Crippen LogP contribution in [0.15, 0.2) is 24.3 Å². The number of anilines is 2. The second-order valence-corrected chi connectivity index (χ2v) is 6.18. The lowest BCUT2D eigenvalue weighted by atomic mass is 10.0. The van der Waals surface area contributed by atoms with Gasteiger partial charge in [0.1, 0.15) is 0 Å². The largest absolute Gasteiger partial charge is 0.376 e. The van der Waals surface area contributed by atoms with Crippen molar-refractivity contribution >= 4 is 23.3 Å². The molecule has 0 bridgehead atoms. The van der Waals surface area contributed by atoms with E-state index >= 15 is 0 Å². The molecule has 1 heterocycles. The molecule has 132 valence electrons. The maximum atomic E-state index is 11.9. The lowest BCUT2D eigenvalue weighted by molar-refractivity contribution is -0.119. The van der Waals surface area contributed by atoms with E-state index in [4.69, 9.17) is 10.5 Å².